The predicted molar refractivity (Wildman–Crippen MR) is 83.9 cm³/mol. The van der Waals surface area contributed by atoms with E-state index >= 15 is 0 Å². The van der Waals surface area contributed by atoms with Gasteiger partial charge in [-0.2, -0.15) is 0 Å². The Bertz CT molecular complexity index is 542. The van der Waals surface area contributed by atoms with Gasteiger partial charge in [-0.05, 0) is 43.4 Å². The number of aliphatic hydroxyl groups is 1. The topological polar surface area (TPSA) is 40.5 Å². The molecule has 1 aliphatic rings. The summed E-state index contributed by atoms with van der Waals surface area (Å²) in [6, 6.07) is 7.36. The van der Waals surface area contributed by atoms with Crippen LogP contribution < -0.4 is 0 Å². The van der Waals surface area contributed by atoms with Crippen LogP contribution in [0, 0.1) is 17.8 Å². The van der Waals surface area contributed by atoms with Crippen LogP contribution >= 0.6 is 0 Å². The molecule has 21 heavy (non-hydrogen) atoms. The third-order valence-electron chi connectivity index (χ3n) is 4.13. The summed E-state index contributed by atoms with van der Waals surface area (Å²) in [5.74, 6) is 6.32. The molecule has 1 aliphatic heterocycles. The lowest BCUT2D eigenvalue weighted by Gasteiger charge is -2.20. The van der Waals surface area contributed by atoms with Crippen LogP contribution in [0.1, 0.15) is 48.5 Å². The fraction of sp³-hybridized carbons (Fsp3) is 0.500. The number of benzene rings is 1. The molecule has 1 aromatic carbocycles. The van der Waals surface area contributed by atoms with Crippen LogP contribution in [0.4, 0.5) is 0 Å². The van der Waals surface area contributed by atoms with Crippen LogP contribution in [-0.4, -0.2) is 35.6 Å². The van der Waals surface area contributed by atoms with E-state index in [1.165, 1.54) is 12.8 Å². The zero-order valence-electron chi connectivity index (χ0n) is 12.6. The van der Waals surface area contributed by atoms with Gasteiger partial charge < -0.3 is 10.0 Å². The highest BCUT2D eigenvalue weighted by Crippen LogP contribution is 2.21. The number of likely N-dealkylation sites (tertiary alicyclic amines) is 1. The van der Waals surface area contributed by atoms with Crippen molar-refractivity contribution in [2.45, 2.75) is 32.6 Å². The summed E-state index contributed by atoms with van der Waals surface area (Å²) < 4.78 is 0. The zero-order chi connectivity index (χ0) is 15.1. The molecule has 1 saturated heterocycles. The number of hydrogen-bond acceptors (Lipinski definition) is 2. The van der Waals surface area contributed by atoms with Crippen LogP contribution in [0.15, 0.2) is 24.3 Å². The highest BCUT2D eigenvalue weighted by Gasteiger charge is 2.20. The summed E-state index contributed by atoms with van der Waals surface area (Å²) in [4.78, 5) is 14.6. The molecule has 112 valence electrons. The average Bonchev–Trinajstić information content (AvgIpc) is 2.78. The molecule has 1 fully saturated rings. The van der Waals surface area contributed by atoms with Crippen molar-refractivity contribution in [3.63, 3.8) is 0 Å². The van der Waals surface area contributed by atoms with E-state index in [2.05, 4.69) is 18.8 Å². The number of amides is 1. The monoisotopic (exact) mass is 285 g/mol. The molecule has 1 heterocycles. The number of hydrogen-bond donors (Lipinski definition) is 1. The molecule has 0 aliphatic carbocycles. The summed E-state index contributed by atoms with van der Waals surface area (Å²) in [5.41, 5.74) is 1.46. The summed E-state index contributed by atoms with van der Waals surface area (Å²) in [7, 11) is 0. The minimum atomic E-state index is -0.164. The minimum absolute atomic E-state index is 0.0967. The van der Waals surface area contributed by atoms with Gasteiger partial charge in [0, 0.05) is 24.2 Å². The van der Waals surface area contributed by atoms with Crippen molar-refractivity contribution in [3.8, 4) is 11.8 Å². The van der Waals surface area contributed by atoms with Crippen LogP contribution in [0.5, 0.6) is 0 Å². The van der Waals surface area contributed by atoms with Gasteiger partial charge in [0.2, 0.25) is 0 Å². The molecular weight excluding hydrogens is 262 g/mol. The Morgan fingerprint density at radius 3 is 3.00 bits per heavy atom. The average molecular weight is 285 g/mol. The van der Waals surface area contributed by atoms with Gasteiger partial charge in [-0.3, -0.25) is 4.79 Å². The first-order chi connectivity index (χ1) is 10.2. The van der Waals surface area contributed by atoms with Gasteiger partial charge in [0.15, 0.2) is 0 Å². The molecule has 3 heteroatoms. The molecule has 3 nitrogen and oxygen atoms in total. The summed E-state index contributed by atoms with van der Waals surface area (Å²) in [6.07, 6.45) is 4.62. The molecule has 0 aromatic heterocycles. The van der Waals surface area contributed by atoms with Crippen LogP contribution in [0.2, 0.25) is 0 Å². The second-order valence-corrected chi connectivity index (χ2v) is 5.54. The first-order valence-electron chi connectivity index (χ1n) is 7.73. The van der Waals surface area contributed by atoms with E-state index in [1.54, 1.807) is 0 Å². The molecule has 1 atom stereocenters. The van der Waals surface area contributed by atoms with E-state index in [-0.39, 0.29) is 12.5 Å². The van der Waals surface area contributed by atoms with Crippen molar-refractivity contribution in [2.75, 3.05) is 19.7 Å². The van der Waals surface area contributed by atoms with E-state index in [0.29, 0.717) is 5.56 Å². The maximum atomic E-state index is 12.6. The van der Waals surface area contributed by atoms with Crippen LogP contribution in [0.25, 0.3) is 0 Å². The van der Waals surface area contributed by atoms with Gasteiger partial charge in [0.1, 0.15) is 6.61 Å². The van der Waals surface area contributed by atoms with E-state index in [1.807, 2.05) is 29.2 Å². The fourth-order valence-corrected chi connectivity index (χ4v) is 2.83. The lowest BCUT2D eigenvalue weighted by molar-refractivity contribution is 0.0760. The number of aliphatic hydroxyl groups excluding tert-OH is 1. The quantitative estimate of drug-likeness (QED) is 0.849. The van der Waals surface area contributed by atoms with Crippen molar-refractivity contribution in [3.05, 3.63) is 35.4 Å². The van der Waals surface area contributed by atoms with Gasteiger partial charge in [-0.15, -0.1) is 0 Å². The van der Waals surface area contributed by atoms with Crippen LogP contribution in [-0.2, 0) is 0 Å². The lowest BCUT2D eigenvalue weighted by Crippen LogP contribution is -2.32. The first kappa shape index (κ1) is 15.6. The smallest absolute Gasteiger partial charge is 0.253 e. The normalized spacial score (nSPS) is 18.6. The molecule has 0 spiro atoms. The SMILES string of the molecule is CCC1CCCN(C(=O)c2cccc(C#CCO)c2)CC1. The third-order valence-corrected chi connectivity index (χ3v) is 4.13. The number of carbonyl (C=O) groups excluding carboxylic acids is 1. The Labute approximate surface area is 127 Å². The standard InChI is InChI=1S/C18H23NO2/c1-2-15-7-4-11-19(12-10-15)18(21)17-9-3-6-16(14-17)8-5-13-20/h3,6,9,14-15,20H,2,4,7,10-13H2,1H3. The molecule has 0 bridgehead atoms. The van der Waals surface area contributed by atoms with Gasteiger partial charge in [-0.25, -0.2) is 0 Å². The van der Waals surface area contributed by atoms with Crippen molar-refractivity contribution < 1.29 is 9.90 Å². The summed E-state index contributed by atoms with van der Waals surface area (Å²) in [6.45, 7) is 3.76. The number of rotatable bonds is 2. The Morgan fingerprint density at radius 2 is 2.24 bits per heavy atom. The number of nitrogens with zero attached hydrogens (tertiary/aromatic N) is 1. The maximum Gasteiger partial charge on any atom is 0.253 e. The summed E-state index contributed by atoms with van der Waals surface area (Å²) >= 11 is 0. The van der Waals surface area contributed by atoms with E-state index in [4.69, 9.17) is 5.11 Å². The lowest BCUT2D eigenvalue weighted by atomic mass is 9.98. The molecule has 0 saturated carbocycles. The van der Waals surface area contributed by atoms with Gasteiger partial charge in [0.05, 0.1) is 0 Å². The maximum absolute atomic E-state index is 12.6. The van der Waals surface area contributed by atoms with E-state index in [0.717, 1.165) is 37.4 Å². The van der Waals surface area contributed by atoms with E-state index < -0.39 is 0 Å². The second-order valence-electron chi connectivity index (χ2n) is 5.54. The molecule has 0 radical (unpaired) electrons. The van der Waals surface area contributed by atoms with Crippen molar-refractivity contribution in [1.82, 2.24) is 4.90 Å². The highest BCUT2D eigenvalue weighted by molar-refractivity contribution is 5.94. The zero-order valence-corrected chi connectivity index (χ0v) is 12.6. The summed E-state index contributed by atoms with van der Waals surface area (Å²) in [5, 5.41) is 8.74. The molecule has 1 unspecified atom stereocenters. The molecular formula is C18H23NO2. The Kier molecular flexibility index (Phi) is 5.83. The third kappa shape index (κ3) is 4.34. The molecule has 2 rings (SSSR count). The first-order valence-corrected chi connectivity index (χ1v) is 7.73. The van der Waals surface area contributed by atoms with Crippen molar-refractivity contribution in [2.24, 2.45) is 5.92 Å². The molecule has 1 aromatic rings. The Morgan fingerprint density at radius 1 is 1.38 bits per heavy atom. The largest absolute Gasteiger partial charge is 0.384 e. The van der Waals surface area contributed by atoms with Gasteiger partial charge in [0.25, 0.3) is 5.91 Å². The fourth-order valence-electron chi connectivity index (χ4n) is 2.83. The van der Waals surface area contributed by atoms with Crippen molar-refractivity contribution in [1.29, 1.82) is 0 Å². The minimum Gasteiger partial charge on any atom is -0.384 e. The van der Waals surface area contributed by atoms with Gasteiger partial charge >= 0.3 is 0 Å². The highest BCUT2D eigenvalue weighted by atomic mass is 16.2. The van der Waals surface area contributed by atoms with Gasteiger partial charge in [-0.1, -0.05) is 31.3 Å². The molecule has 1 amide bonds. The number of carbonyl (C=O) groups is 1. The Hall–Kier alpha value is -1.79. The predicted octanol–water partition coefficient (Wildman–Crippen LogP) is 2.68. The Balaban J connectivity index is 2.08. The second kappa shape index (κ2) is 7.85. The van der Waals surface area contributed by atoms with E-state index in [9.17, 15) is 4.79 Å². The van der Waals surface area contributed by atoms with Crippen LogP contribution in [0.3, 0.4) is 0 Å². The van der Waals surface area contributed by atoms with Crippen molar-refractivity contribution >= 4 is 5.91 Å². The molecule has 1 N–H and O–H groups in total.